The van der Waals surface area contributed by atoms with Crippen LogP contribution in [0.25, 0.3) is 11.0 Å². The van der Waals surface area contributed by atoms with Crippen LogP contribution in [0.3, 0.4) is 0 Å². The fraction of sp³-hybridized carbons (Fsp3) is 0.286. The minimum atomic E-state index is -0.712. The van der Waals surface area contributed by atoms with Gasteiger partial charge in [0.25, 0.3) is 0 Å². The van der Waals surface area contributed by atoms with Gasteiger partial charge in [-0.1, -0.05) is 30.3 Å². The molecule has 1 atom stereocenters. The van der Waals surface area contributed by atoms with E-state index in [1.807, 2.05) is 43.3 Å². The lowest BCUT2D eigenvalue weighted by atomic mass is 9.98. The minimum Gasteiger partial charge on any atom is -0.445 e. The topological polar surface area (TPSA) is 82.0 Å². The Morgan fingerprint density at radius 3 is 2.93 bits per heavy atom. The first-order valence-electron chi connectivity index (χ1n) is 9.09. The molecule has 7 heteroatoms. The summed E-state index contributed by atoms with van der Waals surface area (Å²) >= 11 is 0. The molecule has 1 aliphatic rings. The number of H-pyrrole nitrogens is 1. The SMILES string of the molecule is CC1(c2nc3c(C#N)cc(F)cc3[nH]2)CCCN1C(=O)OCc1ccccc1. The van der Waals surface area contributed by atoms with Gasteiger partial charge in [-0.05, 0) is 37.5 Å². The van der Waals surface area contributed by atoms with E-state index in [2.05, 4.69) is 9.97 Å². The first-order valence-corrected chi connectivity index (χ1v) is 9.09. The van der Waals surface area contributed by atoms with Gasteiger partial charge in [0.05, 0.1) is 11.1 Å². The van der Waals surface area contributed by atoms with Crippen molar-refractivity contribution in [3.8, 4) is 6.07 Å². The largest absolute Gasteiger partial charge is 0.445 e. The number of rotatable bonds is 3. The molecule has 0 spiro atoms. The maximum atomic E-state index is 13.7. The maximum Gasteiger partial charge on any atom is 0.410 e. The number of benzene rings is 2. The number of nitrogens with zero attached hydrogens (tertiary/aromatic N) is 3. The summed E-state index contributed by atoms with van der Waals surface area (Å²) in [7, 11) is 0. The number of fused-ring (bicyclic) bond motifs is 1. The molecule has 1 N–H and O–H groups in total. The highest BCUT2D eigenvalue weighted by Crippen LogP contribution is 2.38. The van der Waals surface area contributed by atoms with E-state index in [9.17, 15) is 14.4 Å². The summed E-state index contributed by atoms with van der Waals surface area (Å²) in [6.07, 6.45) is 1.07. The van der Waals surface area contributed by atoms with Crippen molar-refractivity contribution in [2.45, 2.75) is 31.9 Å². The molecule has 28 heavy (non-hydrogen) atoms. The lowest BCUT2D eigenvalue weighted by Gasteiger charge is -2.32. The van der Waals surface area contributed by atoms with Gasteiger partial charge >= 0.3 is 6.09 Å². The van der Waals surface area contributed by atoms with E-state index in [-0.39, 0.29) is 12.2 Å². The van der Waals surface area contributed by atoms with Gasteiger partial charge in [0.15, 0.2) is 0 Å². The Kier molecular flexibility index (Phi) is 4.47. The van der Waals surface area contributed by atoms with E-state index in [0.29, 0.717) is 29.8 Å². The second-order valence-corrected chi connectivity index (χ2v) is 7.12. The molecule has 1 aromatic heterocycles. The van der Waals surface area contributed by atoms with Crippen molar-refractivity contribution in [2.24, 2.45) is 0 Å². The number of nitrogens with one attached hydrogen (secondary N) is 1. The van der Waals surface area contributed by atoms with Gasteiger partial charge in [-0.3, -0.25) is 4.90 Å². The zero-order valence-corrected chi connectivity index (χ0v) is 15.4. The summed E-state index contributed by atoms with van der Waals surface area (Å²) in [5, 5.41) is 9.26. The molecular formula is C21H19FN4O2. The van der Waals surface area contributed by atoms with Crippen LogP contribution in [0.1, 0.15) is 36.7 Å². The quantitative estimate of drug-likeness (QED) is 0.740. The van der Waals surface area contributed by atoms with E-state index >= 15 is 0 Å². The molecule has 6 nitrogen and oxygen atoms in total. The Morgan fingerprint density at radius 1 is 1.39 bits per heavy atom. The van der Waals surface area contributed by atoms with Crippen LogP contribution in [0, 0.1) is 17.1 Å². The Labute approximate surface area is 161 Å². The van der Waals surface area contributed by atoms with Crippen molar-refractivity contribution in [3.63, 3.8) is 0 Å². The molecule has 4 rings (SSSR count). The number of carbonyl (C=O) groups excluding carboxylic acids is 1. The summed E-state index contributed by atoms with van der Waals surface area (Å²) in [6.45, 7) is 2.64. The lowest BCUT2D eigenvalue weighted by Crippen LogP contribution is -2.43. The summed E-state index contributed by atoms with van der Waals surface area (Å²) in [5.74, 6) is 0.0220. The van der Waals surface area contributed by atoms with Crippen LogP contribution in [-0.4, -0.2) is 27.5 Å². The fourth-order valence-electron chi connectivity index (χ4n) is 3.72. The third-order valence-corrected chi connectivity index (χ3v) is 5.25. The van der Waals surface area contributed by atoms with E-state index in [4.69, 9.17) is 4.74 Å². The first-order chi connectivity index (χ1) is 13.5. The average molecular weight is 378 g/mol. The van der Waals surface area contributed by atoms with Crippen molar-refractivity contribution in [1.29, 1.82) is 5.26 Å². The monoisotopic (exact) mass is 378 g/mol. The Morgan fingerprint density at radius 2 is 2.18 bits per heavy atom. The van der Waals surface area contributed by atoms with Gasteiger partial charge in [-0.2, -0.15) is 5.26 Å². The highest BCUT2D eigenvalue weighted by molar-refractivity contribution is 5.82. The van der Waals surface area contributed by atoms with Gasteiger partial charge in [0.1, 0.15) is 35.4 Å². The number of ether oxygens (including phenoxy) is 1. The van der Waals surface area contributed by atoms with Crippen molar-refractivity contribution in [2.75, 3.05) is 6.54 Å². The molecule has 3 aromatic rings. The predicted octanol–water partition coefficient (Wildman–Crippen LogP) is 4.22. The van der Waals surface area contributed by atoms with Gasteiger partial charge < -0.3 is 9.72 Å². The maximum absolute atomic E-state index is 13.7. The number of likely N-dealkylation sites (tertiary alicyclic amines) is 1. The van der Waals surface area contributed by atoms with Crippen LogP contribution in [-0.2, 0) is 16.9 Å². The Bertz CT molecular complexity index is 1070. The van der Waals surface area contributed by atoms with Crippen LogP contribution >= 0.6 is 0 Å². The van der Waals surface area contributed by atoms with E-state index in [1.54, 1.807) is 4.90 Å². The van der Waals surface area contributed by atoms with E-state index < -0.39 is 17.4 Å². The second-order valence-electron chi connectivity index (χ2n) is 7.12. The standard InChI is InChI=1S/C21H19FN4O2/c1-21(19-24-17-11-16(22)10-15(12-23)18(17)25-19)8-5-9-26(21)20(27)28-13-14-6-3-2-4-7-14/h2-4,6-7,10-11H,5,8-9,13H2,1H3,(H,24,25). The van der Waals surface area contributed by atoms with Crippen molar-refractivity contribution in [1.82, 2.24) is 14.9 Å². The van der Waals surface area contributed by atoms with Crippen molar-refractivity contribution in [3.05, 3.63) is 65.2 Å². The zero-order chi connectivity index (χ0) is 19.7. The number of halogens is 1. The third-order valence-electron chi connectivity index (χ3n) is 5.25. The van der Waals surface area contributed by atoms with Crippen molar-refractivity contribution >= 4 is 17.1 Å². The smallest absolute Gasteiger partial charge is 0.410 e. The first kappa shape index (κ1) is 18.0. The summed E-state index contributed by atoms with van der Waals surface area (Å²) in [4.78, 5) is 22.0. The number of imidazole rings is 1. The van der Waals surface area contributed by atoms with Crippen LogP contribution in [0.4, 0.5) is 9.18 Å². The number of nitriles is 1. The molecule has 1 unspecified atom stereocenters. The van der Waals surface area contributed by atoms with E-state index in [1.165, 1.54) is 6.07 Å². The highest BCUT2D eigenvalue weighted by Gasteiger charge is 2.44. The molecule has 0 saturated carbocycles. The summed E-state index contributed by atoms with van der Waals surface area (Å²) < 4.78 is 19.2. The average Bonchev–Trinajstić information content (AvgIpc) is 3.31. The van der Waals surface area contributed by atoms with Gasteiger partial charge in [0, 0.05) is 6.54 Å². The second kappa shape index (κ2) is 6.97. The third kappa shape index (κ3) is 3.07. The molecule has 1 fully saturated rings. The normalized spacial score (nSPS) is 19.0. The van der Waals surface area contributed by atoms with Gasteiger partial charge in [-0.25, -0.2) is 14.2 Å². The summed E-state index contributed by atoms with van der Waals surface area (Å²) in [5.41, 5.74) is 1.21. The fourth-order valence-corrected chi connectivity index (χ4v) is 3.72. The number of aromatic amines is 1. The molecule has 2 heterocycles. The number of aromatic nitrogens is 2. The number of amides is 1. The Balaban J connectivity index is 1.61. The predicted molar refractivity (Wildman–Crippen MR) is 101 cm³/mol. The van der Waals surface area contributed by atoms with Gasteiger partial charge in [-0.15, -0.1) is 0 Å². The van der Waals surface area contributed by atoms with Crippen LogP contribution < -0.4 is 0 Å². The minimum absolute atomic E-state index is 0.164. The van der Waals surface area contributed by atoms with Crippen LogP contribution in [0.2, 0.25) is 0 Å². The van der Waals surface area contributed by atoms with E-state index in [0.717, 1.165) is 18.1 Å². The molecule has 1 amide bonds. The summed E-state index contributed by atoms with van der Waals surface area (Å²) in [6, 6.07) is 13.9. The Hall–Kier alpha value is -3.40. The molecule has 142 valence electrons. The molecule has 0 bridgehead atoms. The van der Waals surface area contributed by atoms with Gasteiger partial charge in [0.2, 0.25) is 0 Å². The molecule has 0 aliphatic carbocycles. The number of hydrogen-bond donors (Lipinski definition) is 1. The molecule has 2 aromatic carbocycles. The molecule has 0 radical (unpaired) electrons. The lowest BCUT2D eigenvalue weighted by molar-refractivity contribution is 0.0669. The number of hydrogen-bond acceptors (Lipinski definition) is 4. The van der Waals surface area contributed by atoms with Crippen LogP contribution in [0.15, 0.2) is 42.5 Å². The molecule has 1 saturated heterocycles. The highest BCUT2D eigenvalue weighted by atomic mass is 19.1. The molecule has 1 aliphatic heterocycles. The van der Waals surface area contributed by atoms with Crippen molar-refractivity contribution < 1.29 is 13.9 Å². The van der Waals surface area contributed by atoms with Crippen LogP contribution in [0.5, 0.6) is 0 Å². The number of carbonyl (C=O) groups is 1. The molecular weight excluding hydrogens is 359 g/mol. The zero-order valence-electron chi connectivity index (χ0n) is 15.4.